The third-order valence-electron chi connectivity index (χ3n) is 5.08. The van der Waals surface area contributed by atoms with Crippen molar-refractivity contribution < 1.29 is 13.6 Å². The minimum atomic E-state index is -0.561. The lowest BCUT2D eigenvalue weighted by atomic mass is 9.96. The Balaban J connectivity index is 1.74. The standard InChI is InChI=1S/C23H15F2N3O/c24-16-11-9-14(10-12-16)20-19-21(27-26-20)23(29)28(18-7-2-1-3-8-18)22(19)15-5-4-6-17(25)13-15/h1-13,22H,(H,26,27)/t22-/m0/s1. The average Bonchev–Trinajstić information content (AvgIpc) is 3.28. The van der Waals surface area contributed by atoms with E-state index < -0.39 is 6.04 Å². The molecule has 0 saturated carbocycles. The summed E-state index contributed by atoms with van der Waals surface area (Å²) >= 11 is 0. The molecule has 3 aromatic carbocycles. The first-order valence-corrected chi connectivity index (χ1v) is 9.12. The molecule has 0 spiro atoms. The smallest absolute Gasteiger partial charge is 0.277 e. The van der Waals surface area contributed by atoms with Crippen molar-refractivity contribution in [2.45, 2.75) is 6.04 Å². The maximum atomic E-state index is 14.0. The lowest BCUT2D eigenvalue weighted by Crippen LogP contribution is -2.29. The van der Waals surface area contributed by atoms with Crippen LogP contribution in [0.5, 0.6) is 0 Å². The van der Waals surface area contributed by atoms with Gasteiger partial charge in [0.2, 0.25) is 0 Å². The van der Waals surface area contributed by atoms with Gasteiger partial charge in [0.25, 0.3) is 5.91 Å². The molecule has 29 heavy (non-hydrogen) atoms. The van der Waals surface area contributed by atoms with Gasteiger partial charge in [0, 0.05) is 16.8 Å². The van der Waals surface area contributed by atoms with Gasteiger partial charge in [-0.25, -0.2) is 8.78 Å². The van der Waals surface area contributed by atoms with Crippen molar-refractivity contribution in [3.8, 4) is 11.3 Å². The van der Waals surface area contributed by atoms with Crippen LogP contribution in [0.3, 0.4) is 0 Å². The summed E-state index contributed by atoms with van der Waals surface area (Å²) in [4.78, 5) is 14.9. The zero-order valence-electron chi connectivity index (χ0n) is 15.1. The first kappa shape index (κ1) is 17.3. The van der Waals surface area contributed by atoms with E-state index in [-0.39, 0.29) is 17.5 Å². The summed E-state index contributed by atoms with van der Waals surface area (Å²) in [5.41, 5.74) is 3.54. The maximum Gasteiger partial charge on any atom is 0.277 e. The van der Waals surface area contributed by atoms with E-state index in [0.29, 0.717) is 33.8 Å². The molecule has 0 radical (unpaired) electrons. The van der Waals surface area contributed by atoms with Crippen LogP contribution in [0.1, 0.15) is 27.7 Å². The molecule has 5 rings (SSSR count). The van der Waals surface area contributed by atoms with Gasteiger partial charge in [-0.1, -0.05) is 30.3 Å². The number of halogens is 2. The predicted molar refractivity (Wildman–Crippen MR) is 105 cm³/mol. The van der Waals surface area contributed by atoms with Crippen LogP contribution in [0.25, 0.3) is 11.3 Å². The minimum absolute atomic E-state index is 0.249. The lowest BCUT2D eigenvalue weighted by Gasteiger charge is -2.26. The molecule has 1 aliphatic rings. The predicted octanol–water partition coefficient (Wildman–Crippen LogP) is 5.10. The number of carbonyl (C=O) groups is 1. The minimum Gasteiger partial charge on any atom is -0.295 e. The molecule has 0 unspecified atom stereocenters. The van der Waals surface area contributed by atoms with Gasteiger partial charge in [-0.2, -0.15) is 5.10 Å². The van der Waals surface area contributed by atoms with Crippen LogP contribution in [-0.4, -0.2) is 16.1 Å². The Hall–Kier alpha value is -3.80. The summed E-state index contributed by atoms with van der Waals surface area (Å²) in [6.07, 6.45) is 0. The Morgan fingerprint density at radius 3 is 2.34 bits per heavy atom. The first-order valence-electron chi connectivity index (χ1n) is 9.12. The molecule has 1 atom stereocenters. The van der Waals surface area contributed by atoms with E-state index in [1.165, 1.54) is 24.3 Å². The maximum absolute atomic E-state index is 14.0. The second kappa shape index (κ2) is 6.67. The number of rotatable bonds is 3. The number of hydrogen-bond acceptors (Lipinski definition) is 2. The number of anilines is 1. The second-order valence-electron chi connectivity index (χ2n) is 6.84. The van der Waals surface area contributed by atoms with E-state index in [9.17, 15) is 13.6 Å². The molecule has 0 saturated heterocycles. The number of aromatic nitrogens is 2. The van der Waals surface area contributed by atoms with Crippen LogP contribution < -0.4 is 4.90 Å². The molecule has 1 aromatic heterocycles. The molecule has 0 bridgehead atoms. The van der Waals surface area contributed by atoms with E-state index in [1.807, 2.05) is 30.3 Å². The van der Waals surface area contributed by atoms with Crippen molar-refractivity contribution in [1.82, 2.24) is 10.2 Å². The van der Waals surface area contributed by atoms with E-state index >= 15 is 0 Å². The number of nitrogens with one attached hydrogen (secondary N) is 1. The van der Waals surface area contributed by atoms with Crippen LogP contribution in [0.4, 0.5) is 14.5 Å². The van der Waals surface area contributed by atoms with Gasteiger partial charge >= 0.3 is 0 Å². The highest BCUT2D eigenvalue weighted by atomic mass is 19.1. The van der Waals surface area contributed by atoms with Crippen LogP contribution in [0.2, 0.25) is 0 Å². The second-order valence-corrected chi connectivity index (χ2v) is 6.84. The number of benzene rings is 3. The lowest BCUT2D eigenvalue weighted by molar-refractivity contribution is 0.0988. The Bertz CT molecular complexity index is 1200. The fourth-order valence-electron chi connectivity index (χ4n) is 3.82. The Morgan fingerprint density at radius 1 is 0.862 bits per heavy atom. The van der Waals surface area contributed by atoms with Gasteiger partial charge < -0.3 is 0 Å². The molecule has 142 valence electrons. The zero-order chi connectivity index (χ0) is 20.0. The van der Waals surface area contributed by atoms with Gasteiger partial charge in [-0.15, -0.1) is 0 Å². The van der Waals surface area contributed by atoms with Crippen molar-refractivity contribution in [2.75, 3.05) is 4.90 Å². The molecular formula is C23H15F2N3O. The largest absolute Gasteiger partial charge is 0.295 e. The number of H-pyrrole nitrogens is 1. The first-order chi connectivity index (χ1) is 14.1. The van der Waals surface area contributed by atoms with Crippen LogP contribution >= 0.6 is 0 Å². The summed E-state index contributed by atoms with van der Waals surface area (Å²) in [7, 11) is 0. The number of fused-ring (bicyclic) bond motifs is 1. The third-order valence-corrected chi connectivity index (χ3v) is 5.08. The monoisotopic (exact) mass is 387 g/mol. The SMILES string of the molecule is O=C1c2[nH]nc(-c3ccc(F)cc3)c2[C@H](c2cccc(F)c2)N1c1ccccc1. The Morgan fingerprint density at radius 2 is 1.62 bits per heavy atom. The van der Waals surface area contributed by atoms with Crippen molar-refractivity contribution in [2.24, 2.45) is 0 Å². The van der Waals surface area contributed by atoms with Gasteiger partial charge in [0.15, 0.2) is 0 Å². The van der Waals surface area contributed by atoms with E-state index in [0.717, 1.165) is 0 Å². The molecule has 0 fully saturated rings. The molecule has 2 heterocycles. The Labute approximate surface area is 165 Å². The van der Waals surface area contributed by atoms with Crippen LogP contribution in [0, 0.1) is 11.6 Å². The van der Waals surface area contributed by atoms with Gasteiger partial charge in [0.1, 0.15) is 17.3 Å². The highest BCUT2D eigenvalue weighted by Crippen LogP contribution is 2.44. The quantitative estimate of drug-likeness (QED) is 0.531. The highest BCUT2D eigenvalue weighted by Gasteiger charge is 2.43. The van der Waals surface area contributed by atoms with E-state index in [4.69, 9.17) is 0 Å². The zero-order valence-corrected chi connectivity index (χ0v) is 15.1. The normalized spacial score (nSPS) is 15.6. The van der Waals surface area contributed by atoms with Crippen molar-refractivity contribution >= 4 is 11.6 Å². The molecule has 1 N–H and O–H groups in total. The Kier molecular flexibility index (Phi) is 3.98. The molecule has 1 aliphatic heterocycles. The summed E-state index contributed by atoms with van der Waals surface area (Å²) in [5.74, 6) is -0.992. The topological polar surface area (TPSA) is 49.0 Å². The van der Waals surface area contributed by atoms with E-state index in [2.05, 4.69) is 10.2 Å². The fraction of sp³-hybridized carbons (Fsp3) is 0.0435. The summed E-state index contributed by atoms with van der Waals surface area (Å²) < 4.78 is 27.5. The molecule has 1 amide bonds. The van der Waals surface area contributed by atoms with Crippen LogP contribution in [0.15, 0.2) is 78.9 Å². The highest BCUT2D eigenvalue weighted by molar-refractivity contribution is 6.11. The van der Waals surface area contributed by atoms with Crippen molar-refractivity contribution in [1.29, 1.82) is 0 Å². The van der Waals surface area contributed by atoms with Gasteiger partial charge in [0.05, 0.1) is 11.7 Å². The van der Waals surface area contributed by atoms with Gasteiger partial charge in [-0.3, -0.25) is 14.8 Å². The molecule has 4 nitrogen and oxygen atoms in total. The third kappa shape index (κ3) is 2.81. The number of carbonyl (C=O) groups excluding carboxylic acids is 1. The van der Waals surface area contributed by atoms with E-state index in [1.54, 1.807) is 29.2 Å². The van der Waals surface area contributed by atoms with Gasteiger partial charge in [-0.05, 0) is 54.1 Å². The summed E-state index contributed by atoms with van der Waals surface area (Å²) in [5, 5.41) is 7.16. The molecular weight excluding hydrogens is 372 g/mol. The molecule has 4 aromatic rings. The van der Waals surface area contributed by atoms with Crippen molar-refractivity contribution in [3.63, 3.8) is 0 Å². The number of nitrogens with zero attached hydrogens (tertiary/aromatic N) is 2. The number of hydrogen-bond donors (Lipinski definition) is 1. The number of amides is 1. The summed E-state index contributed by atoms with van der Waals surface area (Å²) in [6, 6.07) is 20.8. The molecule has 0 aliphatic carbocycles. The number of aromatic amines is 1. The number of para-hydroxylation sites is 1. The molecule has 6 heteroatoms. The van der Waals surface area contributed by atoms with Crippen molar-refractivity contribution in [3.05, 3.63) is 107 Å². The summed E-state index contributed by atoms with van der Waals surface area (Å²) in [6.45, 7) is 0. The fourth-order valence-corrected chi connectivity index (χ4v) is 3.82. The van der Waals surface area contributed by atoms with Crippen LogP contribution in [-0.2, 0) is 0 Å². The average molecular weight is 387 g/mol.